The summed E-state index contributed by atoms with van der Waals surface area (Å²) in [6, 6.07) is 0. The number of hydrogen-bond donors (Lipinski definition) is 4. The predicted molar refractivity (Wildman–Crippen MR) is 38.8 cm³/mol. The van der Waals surface area contributed by atoms with Crippen LogP contribution in [-0.2, 0) is 0 Å². The van der Waals surface area contributed by atoms with Gasteiger partial charge in [0.05, 0.1) is 23.6 Å². The molecule has 2 atom stereocenters. The molecule has 0 heterocycles. The largest absolute Gasteiger partial charge is 0.398 e. The molecular formula is C6H14N2O2. The van der Waals surface area contributed by atoms with Gasteiger partial charge in [0.1, 0.15) is 0 Å². The number of hydrogen-bond acceptors (Lipinski definition) is 4. The molecule has 0 aromatic rings. The summed E-state index contributed by atoms with van der Waals surface area (Å²) >= 11 is 0. The van der Waals surface area contributed by atoms with Crippen molar-refractivity contribution in [2.45, 2.75) is 26.1 Å². The number of nitrogens with two attached hydrogens (primary N) is 2. The lowest BCUT2D eigenvalue weighted by atomic mass is 10.2. The lowest BCUT2D eigenvalue weighted by Gasteiger charge is -2.11. The van der Waals surface area contributed by atoms with E-state index in [4.69, 9.17) is 21.7 Å². The van der Waals surface area contributed by atoms with E-state index in [2.05, 4.69) is 0 Å². The fourth-order valence-corrected chi connectivity index (χ4v) is 0.482. The van der Waals surface area contributed by atoms with Crippen molar-refractivity contribution in [3.8, 4) is 0 Å². The van der Waals surface area contributed by atoms with Crippen molar-refractivity contribution in [2.24, 2.45) is 11.5 Å². The maximum atomic E-state index is 8.87. The Bertz CT molecular complexity index is 125. The Balaban J connectivity index is 4.34. The molecule has 0 amide bonds. The van der Waals surface area contributed by atoms with Crippen molar-refractivity contribution in [3.63, 3.8) is 0 Å². The van der Waals surface area contributed by atoms with Gasteiger partial charge in [0.2, 0.25) is 0 Å². The monoisotopic (exact) mass is 146 g/mol. The van der Waals surface area contributed by atoms with Gasteiger partial charge in [0.25, 0.3) is 0 Å². The first-order valence-electron chi connectivity index (χ1n) is 3.08. The summed E-state index contributed by atoms with van der Waals surface area (Å²) in [5.74, 6) is 0. The van der Waals surface area contributed by atoms with Gasteiger partial charge in [-0.25, -0.2) is 0 Å². The third kappa shape index (κ3) is 2.24. The zero-order valence-electron chi connectivity index (χ0n) is 6.20. The van der Waals surface area contributed by atoms with E-state index in [-0.39, 0.29) is 11.4 Å². The Morgan fingerprint density at radius 2 is 1.20 bits per heavy atom. The smallest absolute Gasteiger partial charge is 0.0922 e. The Hall–Kier alpha value is -0.740. The molecule has 2 unspecified atom stereocenters. The van der Waals surface area contributed by atoms with E-state index in [1.165, 1.54) is 13.8 Å². The highest BCUT2D eigenvalue weighted by Crippen LogP contribution is 2.01. The second-order valence-corrected chi connectivity index (χ2v) is 2.26. The van der Waals surface area contributed by atoms with Crippen LogP contribution in [0.2, 0.25) is 0 Å². The molecule has 0 aliphatic rings. The van der Waals surface area contributed by atoms with Crippen molar-refractivity contribution in [2.75, 3.05) is 0 Å². The number of aliphatic hydroxyl groups is 2. The van der Waals surface area contributed by atoms with Gasteiger partial charge in [-0.3, -0.25) is 0 Å². The lowest BCUT2D eigenvalue weighted by molar-refractivity contribution is 0.206. The summed E-state index contributed by atoms with van der Waals surface area (Å²) in [4.78, 5) is 0. The van der Waals surface area contributed by atoms with Crippen LogP contribution in [0.4, 0.5) is 0 Å². The molecule has 4 heteroatoms. The van der Waals surface area contributed by atoms with Gasteiger partial charge in [-0.2, -0.15) is 0 Å². The first kappa shape index (κ1) is 9.26. The van der Waals surface area contributed by atoms with Crippen LogP contribution < -0.4 is 11.5 Å². The fraction of sp³-hybridized carbons (Fsp3) is 0.667. The maximum absolute atomic E-state index is 8.87. The van der Waals surface area contributed by atoms with Crippen LogP contribution in [0.15, 0.2) is 11.4 Å². The van der Waals surface area contributed by atoms with Crippen molar-refractivity contribution in [1.29, 1.82) is 0 Å². The molecule has 0 aliphatic carbocycles. The zero-order chi connectivity index (χ0) is 8.31. The highest BCUT2D eigenvalue weighted by molar-refractivity contribution is 5.13. The molecule has 4 nitrogen and oxygen atoms in total. The average Bonchev–Trinajstić information content (AvgIpc) is 1.84. The van der Waals surface area contributed by atoms with Gasteiger partial charge in [0, 0.05) is 0 Å². The predicted octanol–water partition coefficient (Wildman–Crippen LogP) is -1.12. The zero-order valence-corrected chi connectivity index (χ0v) is 6.20. The van der Waals surface area contributed by atoms with Gasteiger partial charge < -0.3 is 21.7 Å². The molecule has 6 N–H and O–H groups in total. The second kappa shape index (κ2) is 3.43. The molecule has 0 aromatic heterocycles. The third-order valence-corrected chi connectivity index (χ3v) is 1.23. The summed E-state index contributed by atoms with van der Waals surface area (Å²) in [5, 5.41) is 17.7. The molecule has 10 heavy (non-hydrogen) atoms. The standard InChI is InChI=1S/C6H14N2O2/c1-3(9)5(7)6(8)4(2)10/h3-4,9-10H,7-8H2,1-2H3. The summed E-state index contributed by atoms with van der Waals surface area (Å²) in [7, 11) is 0. The molecular weight excluding hydrogens is 132 g/mol. The van der Waals surface area contributed by atoms with Crippen LogP contribution in [0.3, 0.4) is 0 Å². The molecule has 0 saturated heterocycles. The molecule has 60 valence electrons. The number of rotatable bonds is 2. The van der Waals surface area contributed by atoms with Gasteiger partial charge in [0.15, 0.2) is 0 Å². The Morgan fingerprint density at radius 1 is 1.00 bits per heavy atom. The van der Waals surface area contributed by atoms with E-state index >= 15 is 0 Å². The second-order valence-electron chi connectivity index (χ2n) is 2.26. The van der Waals surface area contributed by atoms with Gasteiger partial charge >= 0.3 is 0 Å². The molecule has 0 aromatic carbocycles. The van der Waals surface area contributed by atoms with Crippen molar-refractivity contribution < 1.29 is 10.2 Å². The van der Waals surface area contributed by atoms with E-state index in [9.17, 15) is 0 Å². The summed E-state index contributed by atoms with van der Waals surface area (Å²) < 4.78 is 0. The van der Waals surface area contributed by atoms with Crippen molar-refractivity contribution in [1.82, 2.24) is 0 Å². The number of aliphatic hydroxyl groups excluding tert-OH is 2. The minimum atomic E-state index is -0.797. The maximum Gasteiger partial charge on any atom is 0.0922 e. The first-order valence-corrected chi connectivity index (χ1v) is 3.08. The minimum Gasteiger partial charge on any atom is -0.398 e. The van der Waals surface area contributed by atoms with E-state index in [0.717, 1.165) is 0 Å². The summed E-state index contributed by atoms with van der Waals surface area (Å²) in [6.45, 7) is 2.98. The van der Waals surface area contributed by atoms with E-state index in [0.29, 0.717) is 0 Å². The molecule has 0 aliphatic heterocycles. The van der Waals surface area contributed by atoms with Crippen LogP contribution in [0.25, 0.3) is 0 Å². The first-order chi connectivity index (χ1) is 4.46. The SMILES string of the molecule is CC(O)C(N)=C(N)C(C)O. The molecule has 0 spiro atoms. The van der Waals surface area contributed by atoms with Crippen LogP contribution in [-0.4, -0.2) is 22.4 Å². The van der Waals surface area contributed by atoms with Crippen LogP contribution >= 0.6 is 0 Å². The normalized spacial score (nSPS) is 19.6. The van der Waals surface area contributed by atoms with Crippen molar-refractivity contribution >= 4 is 0 Å². The Kier molecular flexibility index (Phi) is 3.18. The third-order valence-electron chi connectivity index (χ3n) is 1.23. The highest BCUT2D eigenvalue weighted by atomic mass is 16.3. The quantitative estimate of drug-likeness (QED) is 0.397. The molecule has 0 radical (unpaired) electrons. The minimum absolute atomic E-state index is 0.134. The Morgan fingerprint density at radius 3 is 1.30 bits per heavy atom. The highest BCUT2D eigenvalue weighted by Gasteiger charge is 2.08. The fourth-order valence-electron chi connectivity index (χ4n) is 0.482. The van der Waals surface area contributed by atoms with Gasteiger partial charge in [-0.1, -0.05) is 0 Å². The molecule has 0 rings (SSSR count). The molecule has 0 bridgehead atoms. The van der Waals surface area contributed by atoms with Crippen molar-refractivity contribution in [3.05, 3.63) is 11.4 Å². The van der Waals surface area contributed by atoms with Crippen LogP contribution in [0.5, 0.6) is 0 Å². The van der Waals surface area contributed by atoms with E-state index in [1.54, 1.807) is 0 Å². The van der Waals surface area contributed by atoms with Crippen LogP contribution in [0.1, 0.15) is 13.8 Å². The van der Waals surface area contributed by atoms with E-state index in [1.807, 2.05) is 0 Å². The molecule has 0 fully saturated rings. The average molecular weight is 146 g/mol. The van der Waals surface area contributed by atoms with Crippen LogP contribution in [0, 0.1) is 0 Å². The summed E-state index contributed by atoms with van der Waals surface area (Å²) in [6.07, 6.45) is -1.59. The molecule has 0 saturated carbocycles. The van der Waals surface area contributed by atoms with E-state index < -0.39 is 12.2 Å². The van der Waals surface area contributed by atoms with Gasteiger partial charge in [-0.15, -0.1) is 0 Å². The topological polar surface area (TPSA) is 92.5 Å². The Labute approximate surface area is 60.1 Å². The summed E-state index contributed by atoms with van der Waals surface area (Å²) in [5.41, 5.74) is 10.9. The lowest BCUT2D eigenvalue weighted by Crippen LogP contribution is -2.25. The van der Waals surface area contributed by atoms with Gasteiger partial charge in [-0.05, 0) is 13.8 Å².